The van der Waals surface area contributed by atoms with Crippen molar-refractivity contribution in [3.63, 3.8) is 0 Å². The van der Waals surface area contributed by atoms with Crippen LogP contribution in [0.2, 0.25) is 0 Å². The second-order valence-corrected chi connectivity index (χ2v) is 11.5. The Bertz CT molecular complexity index is 1610. The summed E-state index contributed by atoms with van der Waals surface area (Å²) in [6, 6.07) is 13.2. The summed E-state index contributed by atoms with van der Waals surface area (Å²) in [7, 11) is -5.49. The van der Waals surface area contributed by atoms with Crippen LogP contribution in [-0.2, 0) is 28.6 Å². The van der Waals surface area contributed by atoms with Gasteiger partial charge >= 0.3 is 19.2 Å². The molecule has 0 amide bonds. The summed E-state index contributed by atoms with van der Waals surface area (Å²) in [5.74, 6) is -0.0627. The monoisotopic (exact) mass is 573 g/mol. The Balaban J connectivity index is 1.42. The number of aromatic nitrogens is 2. The Kier molecular flexibility index (Phi) is 8.68. The van der Waals surface area contributed by atoms with E-state index < -0.39 is 25.6 Å². The molecule has 0 atom stereocenters. The van der Waals surface area contributed by atoms with E-state index in [9.17, 15) is 18.1 Å². The first-order valence-electron chi connectivity index (χ1n) is 12.7. The Morgan fingerprint density at radius 1 is 1.05 bits per heavy atom. The highest BCUT2D eigenvalue weighted by Gasteiger charge is 2.47. The van der Waals surface area contributed by atoms with Gasteiger partial charge in [-0.15, -0.1) is 0 Å². The molecule has 0 aliphatic carbocycles. The average Bonchev–Trinajstić information content (AvgIpc) is 2.88. The lowest BCUT2D eigenvalue weighted by Gasteiger charge is -2.17. The van der Waals surface area contributed by atoms with Crippen LogP contribution < -0.4 is 10.5 Å². The van der Waals surface area contributed by atoms with Crippen molar-refractivity contribution in [3.05, 3.63) is 70.9 Å². The maximum atomic E-state index is 13.4. The molecule has 0 aliphatic rings. The van der Waals surface area contributed by atoms with E-state index in [2.05, 4.69) is 9.97 Å². The van der Waals surface area contributed by atoms with Crippen molar-refractivity contribution in [1.82, 2.24) is 9.97 Å². The van der Waals surface area contributed by atoms with E-state index in [1.165, 1.54) is 0 Å². The first-order chi connectivity index (χ1) is 18.8. The molecule has 0 bridgehead atoms. The van der Waals surface area contributed by atoms with Gasteiger partial charge in [-0.05, 0) is 79.1 Å². The second kappa shape index (κ2) is 11.8. The van der Waals surface area contributed by atoms with Crippen molar-refractivity contribution < 1.29 is 37.8 Å². The molecule has 0 aliphatic heterocycles. The smallest absolute Gasteiger partial charge is 0.394 e. The number of benzene rings is 2. The number of hydrogen-bond acceptors (Lipinski definition) is 6. The molecule has 2 heterocycles. The van der Waals surface area contributed by atoms with Crippen LogP contribution in [0.1, 0.15) is 41.5 Å². The topological polar surface area (TPSA) is 156 Å². The highest BCUT2D eigenvalue weighted by molar-refractivity contribution is 7.53. The van der Waals surface area contributed by atoms with Crippen LogP contribution >= 0.6 is 7.60 Å². The van der Waals surface area contributed by atoms with Crippen molar-refractivity contribution in [2.24, 2.45) is 0 Å². The molecule has 0 saturated carbocycles. The molecule has 0 fully saturated rings. The third-order valence-electron chi connectivity index (χ3n) is 6.72. The van der Waals surface area contributed by atoms with Gasteiger partial charge in [0, 0.05) is 29.8 Å². The fourth-order valence-corrected chi connectivity index (χ4v) is 4.93. The number of rotatable bonds is 12. The van der Waals surface area contributed by atoms with Crippen LogP contribution in [0.4, 0.5) is 14.6 Å². The van der Waals surface area contributed by atoms with E-state index in [1.807, 2.05) is 37.3 Å². The number of halogens is 2. The summed E-state index contributed by atoms with van der Waals surface area (Å²) in [6.07, 6.45) is 2.45. The maximum Gasteiger partial charge on any atom is 0.394 e. The van der Waals surface area contributed by atoms with Crippen molar-refractivity contribution in [1.29, 1.82) is 0 Å². The third kappa shape index (κ3) is 6.91. The van der Waals surface area contributed by atoms with Gasteiger partial charge in [0.05, 0.1) is 12.1 Å². The maximum absolute atomic E-state index is 13.4. The van der Waals surface area contributed by atoms with E-state index in [0.29, 0.717) is 41.9 Å². The van der Waals surface area contributed by atoms with E-state index in [1.54, 1.807) is 18.3 Å². The average molecular weight is 574 g/mol. The van der Waals surface area contributed by atoms with E-state index >= 15 is 0 Å². The second-order valence-electron chi connectivity index (χ2n) is 9.73. The van der Waals surface area contributed by atoms with Crippen molar-refractivity contribution in [2.45, 2.75) is 51.1 Å². The summed E-state index contributed by atoms with van der Waals surface area (Å²) in [4.78, 5) is 37.4. The quantitative estimate of drug-likeness (QED) is 0.0989. The van der Waals surface area contributed by atoms with Crippen LogP contribution in [0.25, 0.3) is 21.8 Å². The number of carboxylic acid groups (broad SMARTS) is 1. The fourth-order valence-electron chi connectivity index (χ4n) is 4.48. The highest BCUT2D eigenvalue weighted by atomic mass is 31.2. The zero-order chi connectivity index (χ0) is 29.1. The number of aliphatic carboxylic acids is 1. The van der Waals surface area contributed by atoms with Gasteiger partial charge in [0.1, 0.15) is 11.3 Å². The lowest BCUT2D eigenvalue weighted by Crippen LogP contribution is -2.17. The predicted molar refractivity (Wildman–Crippen MR) is 148 cm³/mol. The predicted octanol–water partition coefficient (Wildman–Crippen LogP) is 5.41. The number of anilines is 1. The Morgan fingerprint density at radius 3 is 2.52 bits per heavy atom. The van der Waals surface area contributed by atoms with Gasteiger partial charge in [-0.1, -0.05) is 18.2 Å². The summed E-state index contributed by atoms with van der Waals surface area (Å²) in [5.41, 5.74) is 7.30. The molecule has 0 radical (unpaired) electrons. The molecular weight excluding hydrogens is 543 g/mol. The van der Waals surface area contributed by atoms with Gasteiger partial charge in [-0.25, -0.2) is 4.98 Å². The van der Waals surface area contributed by atoms with Gasteiger partial charge < -0.3 is 25.4 Å². The molecule has 212 valence electrons. The summed E-state index contributed by atoms with van der Waals surface area (Å²) >= 11 is 0. The van der Waals surface area contributed by atoms with Crippen LogP contribution in [0.5, 0.6) is 5.75 Å². The number of hydrogen-bond donors (Lipinski definition) is 4. The molecule has 4 rings (SSSR count). The van der Waals surface area contributed by atoms with Crippen LogP contribution in [0, 0.1) is 6.92 Å². The Labute approximate surface area is 229 Å². The molecule has 2 aromatic carbocycles. The van der Waals surface area contributed by atoms with Gasteiger partial charge in [0.25, 0.3) is 0 Å². The van der Waals surface area contributed by atoms with E-state index in [4.69, 9.17) is 25.4 Å². The fraction of sp³-hybridized carbons (Fsp3) is 0.321. The number of nitrogens with zero attached hydrogens (tertiary/aromatic N) is 2. The normalized spacial score (nSPS) is 12.2. The number of aryl methyl sites for hydroxylation is 4. The molecule has 0 unspecified atom stereocenters. The number of alkyl halides is 2. The molecule has 2 aromatic heterocycles. The van der Waals surface area contributed by atoms with Crippen LogP contribution in [0.15, 0.2) is 48.7 Å². The van der Waals surface area contributed by atoms with Gasteiger partial charge in [0.15, 0.2) is 5.82 Å². The van der Waals surface area contributed by atoms with E-state index in [0.717, 1.165) is 33.0 Å². The number of pyridine rings is 2. The molecule has 9 nitrogen and oxygen atoms in total. The zero-order valence-corrected chi connectivity index (χ0v) is 22.7. The van der Waals surface area contributed by atoms with Crippen LogP contribution in [0.3, 0.4) is 0 Å². The standard InChI is InChI=1S/C28H30F2N3O6P/c1-17-13-21(39-12-2-11-28(29,30)40(36,37)38)8-7-20(17)6-3-19-14-23-22-9-4-18(5-10-25(34)35)15-24(22)33-27(31)26(23)32-16-19/h4,7-9,13-16H,2-3,5-6,10-12H2,1H3,(H2,31,33)(H,34,35)(H2,36,37,38). The summed E-state index contributed by atoms with van der Waals surface area (Å²) in [6.45, 7) is 1.83. The SMILES string of the molecule is Cc1cc(OCCCC(F)(F)P(=O)(O)O)ccc1CCc1cnc2c(N)nc3cc(CCC(=O)O)ccc3c2c1. The van der Waals surface area contributed by atoms with Crippen LogP contribution in [-0.4, -0.2) is 43.1 Å². The minimum absolute atomic E-state index is 0.0328. The zero-order valence-electron chi connectivity index (χ0n) is 21.8. The first kappa shape index (κ1) is 29.3. The Hall–Kier alpha value is -3.66. The minimum Gasteiger partial charge on any atom is -0.494 e. The van der Waals surface area contributed by atoms with Gasteiger partial charge in [-0.3, -0.25) is 14.3 Å². The number of nitrogen functional groups attached to an aromatic ring is 1. The highest BCUT2D eigenvalue weighted by Crippen LogP contribution is 2.55. The molecule has 12 heteroatoms. The third-order valence-corrected chi connectivity index (χ3v) is 7.80. The lowest BCUT2D eigenvalue weighted by molar-refractivity contribution is -0.136. The van der Waals surface area contributed by atoms with Gasteiger partial charge in [0.2, 0.25) is 0 Å². The van der Waals surface area contributed by atoms with Gasteiger partial charge in [-0.2, -0.15) is 8.78 Å². The minimum atomic E-state index is -5.49. The van der Waals surface area contributed by atoms with Crippen molar-refractivity contribution in [3.8, 4) is 5.75 Å². The van der Waals surface area contributed by atoms with E-state index in [-0.39, 0.29) is 19.4 Å². The number of nitrogens with two attached hydrogens (primary N) is 1. The Morgan fingerprint density at radius 2 is 1.82 bits per heavy atom. The van der Waals surface area contributed by atoms with Crippen molar-refractivity contribution in [2.75, 3.05) is 12.3 Å². The number of carbonyl (C=O) groups is 1. The molecule has 0 saturated heterocycles. The van der Waals surface area contributed by atoms with Crippen molar-refractivity contribution >= 4 is 41.2 Å². The number of ether oxygens (including phenoxy) is 1. The molecule has 40 heavy (non-hydrogen) atoms. The number of fused-ring (bicyclic) bond motifs is 3. The molecule has 4 aromatic rings. The lowest BCUT2D eigenvalue weighted by atomic mass is 9.99. The summed E-state index contributed by atoms with van der Waals surface area (Å²) in [5, 5.41) is 10.7. The molecule has 0 spiro atoms. The molecule has 5 N–H and O–H groups in total. The number of carboxylic acids is 1. The largest absolute Gasteiger partial charge is 0.494 e. The first-order valence-corrected chi connectivity index (χ1v) is 14.3. The summed E-state index contributed by atoms with van der Waals surface area (Å²) < 4.78 is 43.1. The molecular formula is C28H30F2N3O6P.